The zero-order valence-corrected chi connectivity index (χ0v) is 9.71. The molecule has 0 fully saturated rings. The number of rotatable bonds is 4. The van der Waals surface area contributed by atoms with Gasteiger partial charge in [0.2, 0.25) is 0 Å². The minimum absolute atomic E-state index is 0.239. The number of ketones is 1. The Bertz CT molecular complexity index is 532. The number of benzene rings is 2. The molecule has 0 saturated heterocycles. The van der Waals surface area contributed by atoms with E-state index in [0.29, 0.717) is 11.3 Å². The predicted molar refractivity (Wildman–Crippen MR) is 67.5 cm³/mol. The maximum absolute atomic E-state index is 11.7. The highest BCUT2D eigenvalue weighted by atomic mass is 16.5. The summed E-state index contributed by atoms with van der Waals surface area (Å²) in [4.78, 5) is 23.3. The topological polar surface area (TPSA) is 43.4 Å². The third kappa shape index (κ3) is 3.28. The molecule has 0 saturated carbocycles. The van der Waals surface area contributed by atoms with Crippen LogP contribution in [-0.4, -0.2) is 11.8 Å². The van der Waals surface area contributed by atoms with Gasteiger partial charge in [-0.15, -0.1) is 0 Å². The largest absolute Gasteiger partial charge is 0.426 e. The van der Waals surface area contributed by atoms with Gasteiger partial charge >= 0.3 is 5.97 Å². The maximum Gasteiger partial charge on any atom is 0.319 e. The number of carbonyl (C=O) groups is 2. The number of carbonyl (C=O) groups excluding carboxylic acids is 2. The van der Waals surface area contributed by atoms with Crippen molar-refractivity contribution in [3.05, 3.63) is 66.2 Å². The van der Waals surface area contributed by atoms with Crippen LogP contribution in [0.3, 0.4) is 0 Å². The van der Waals surface area contributed by atoms with Crippen molar-refractivity contribution in [2.75, 3.05) is 0 Å². The fraction of sp³-hybridized carbons (Fsp3) is 0.0667. The highest BCUT2D eigenvalue weighted by molar-refractivity contribution is 6.06. The summed E-state index contributed by atoms with van der Waals surface area (Å²) in [6.45, 7) is 0. The van der Waals surface area contributed by atoms with Crippen molar-refractivity contribution in [1.29, 1.82) is 0 Å². The Labute approximate surface area is 105 Å². The molecule has 0 radical (unpaired) electrons. The van der Waals surface area contributed by atoms with Crippen molar-refractivity contribution in [1.82, 2.24) is 0 Å². The number of para-hydroxylation sites is 1. The van der Waals surface area contributed by atoms with E-state index in [2.05, 4.69) is 0 Å². The van der Waals surface area contributed by atoms with E-state index in [4.69, 9.17) is 4.74 Å². The van der Waals surface area contributed by atoms with E-state index in [-0.39, 0.29) is 12.2 Å². The van der Waals surface area contributed by atoms with Gasteiger partial charge in [-0.05, 0) is 12.1 Å². The van der Waals surface area contributed by atoms with Gasteiger partial charge in [-0.3, -0.25) is 9.59 Å². The van der Waals surface area contributed by atoms with E-state index in [1.54, 1.807) is 48.5 Å². The second-order valence-corrected chi connectivity index (χ2v) is 3.75. The molecule has 2 aromatic rings. The van der Waals surface area contributed by atoms with Crippen LogP contribution < -0.4 is 4.74 Å². The van der Waals surface area contributed by atoms with Gasteiger partial charge in [0.25, 0.3) is 0 Å². The smallest absolute Gasteiger partial charge is 0.319 e. The summed E-state index contributed by atoms with van der Waals surface area (Å²) < 4.78 is 5.05. The summed E-state index contributed by atoms with van der Waals surface area (Å²) in [5.74, 6) is -0.338. The highest BCUT2D eigenvalue weighted by Gasteiger charge is 2.13. The van der Waals surface area contributed by atoms with Gasteiger partial charge in [-0.1, -0.05) is 48.5 Å². The first-order chi connectivity index (χ1) is 8.75. The second kappa shape index (κ2) is 5.77. The summed E-state index contributed by atoms with van der Waals surface area (Å²) in [6, 6.07) is 17.4. The fourth-order valence-corrected chi connectivity index (χ4v) is 1.51. The van der Waals surface area contributed by atoms with Crippen molar-refractivity contribution in [3.8, 4) is 5.75 Å². The molecule has 3 heteroatoms. The lowest BCUT2D eigenvalue weighted by molar-refractivity contribution is -0.133. The molecule has 0 N–H and O–H groups in total. The van der Waals surface area contributed by atoms with Gasteiger partial charge in [0.15, 0.2) is 5.78 Å². The average molecular weight is 240 g/mol. The molecule has 2 aromatic carbocycles. The Morgan fingerprint density at radius 2 is 1.39 bits per heavy atom. The summed E-state index contributed by atoms with van der Waals surface area (Å²) in [5.41, 5.74) is 0.516. The molecule has 90 valence electrons. The van der Waals surface area contributed by atoms with Gasteiger partial charge in [0, 0.05) is 5.56 Å². The first kappa shape index (κ1) is 12.0. The van der Waals surface area contributed by atoms with Crippen molar-refractivity contribution in [2.45, 2.75) is 6.42 Å². The predicted octanol–water partition coefficient (Wildman–Crippen LogP) is 2.87. The normalized spacial score (nSPS) is 9.78. The Morgan fingerprint density at radius 1 is 0.833 bits per heavy atom. The first-order valence-corrected chi connectivity index (χ1v) is 5.59. The van der Waals surface area contributed by atoms with Gasteiger partial charge in [0.1, 0.15) is 12.2 Å². The van der Waals surface area contributed by atoms with Gasteiger partial charge in [0.05, 0.1) is 0 Å². The average Bonchev–Trinajstić information content (AvgIpc) is 2.40. The molecule has 0 atom stereocenters. The van der Waals surface area contributed by atoms with Crippen LogP contribution in [0.15, 0.2) is 60.7 Å². The molecule has 0 aliphatic carbocycles. The molecule has 0 bridgehead atoms. The summed E-state index contributed by atoms with van der Waals surface area (Å²) >= 11 is 0. The van der Waals surface area contributed by atoms with Crippen LogP contribution in [0.5, 0.6) is 5.75 Å². The monoisotopic (exact) mass is 240 g/mol. The molecular formula is C15H12O3. The molecule has 2 rings (SSSR count). The van der Waals surface area contributed by atoms with Crippen LogP contribution in [0.25, 0.3) is 0 Å². The van der Waals surface area contributed by atoms with Crippen molar-refractivity contribution in [2.24, 2.45) is 0 Å². The summed E-state index contributed by atoms with van der Waals surface area (Å²) in [7, 11) is 0. The molecule has 0 unspecified atom stereocenters. The van der Waals surface area contributed by atoms with Crippen LogP contribution in [0, 0.1) is 0 Å². The van der Waals surface area contributed by atoms with E-state index >= 15 is 0 Å². The lowest BCUT2D eigenvalue weighted by Gasteiger charge is -2.03. The zero-order chi connectivity index (χ0) is 12.8. The van der Waals surface area contributed by atoms with Crippen molar-refractivity contribution < 1.29 is 14.3 Å². The SMILES string of the molecule is O=C(CC(=O)c1ccccc1)Oc1ccccc1. The minimum atomic E-state index is -0.546. The van der Waals surface area contributed by atoms with Crippen LogP contribution in [0.4, 0.5) is 0 Å². The van der Waals surface area contributed by atoms with Crippen molar-refractivity contribution in [3.63, 3.8) is 0 Å². The quantitative estimate of drug-likeness (QED) is 0.357. The van der Waals surface area contributed by atoms with Crippen LogP contribution in [0.1, 0.15) is 16.8 Å². The first-order valence-electron chi connectivity index (χ1n) is 5.59. The number of esters is 1. The minimum Gasteiger partial charge on any atom is -0.426 e. The molecule has 0 spiro atoms. The maximum atomic E-state index is 11.7. The number of Topliss-reactive ketones (excluding diaryl/α,β-unsaturated/α-hetero) is 1. The molecule has 0 aliphatic rings. The van der Waals surface area contributed by atoms with E-state index in [1.165, 1.54) is 0 Å². The molecule has 0 amide bonds. The third-order valence-electron chi connectivity index (χ3n) is 2.38. The molecule has 0 aliphatic heterocycles. The molecule has 0 heterocycles. The molecular weight excluding hydrogens is 228 g/mol. The lowest BCUT2D eigenvalue weighted by Crippen LogP contribution is -2.14. The van der Waals surface area contributed by atoms with Gasteiger partial charge < -0.3 is 4.74 Å². The Balaban J connectivity index is 1.94. The highest BCUT2D eigenvalue weighted by Crippen LogP contribution is 2.10. The Hall–Kier alpha value is -2.42. The zero-order valence-electron chi connectivity index (χ0n) is 9.71. The number of hydrogen-bond acceptors (Lipinski definition) is 3. The van der Waals surface area contributed by atoms with E-state index in [1.807, 2.05) is 12.1 Å². The van der Waals surface area contributed by atoms with E-state index in [0.717, 1.165) is 0 Å². The van der Waals surface area contributed by atoms with Gasteiger partial charge in [-0.2, -0.15) is 0 Å². The van der Waals surface area contributed by atoms with Gasteiger partial charge in [-0.25, -0.2) is 0 Å². The lowest BCUT2D eigenvalue weighted by atomic mass is 10.1. The fourth-order valence-electron chi connectivity index (χ4n) is 1.51. The van der Waals surface area contributed by atoms with Crippen molar-refractivity contribution >= 4 is 11.8 Å². The van der Waals surface area contributed by atoms with Crippen LogP contribution in [0.2, 0.25) is 0 Å². The van der Waals surface area contributed by atoms with E-state index in [9.17, 15) is 9.59 Å². The standard InChI is InChI=1S/C15H12O3/c16-14(12-7-3-1-4-8-12)11-15(17)18-13-9-5-2-6-10-13/h1-10H,11H2. The van der Waals surface area contributed by atoms with Crippen LogP contribution in [-0.2, 0) is 4.79 Å². The third-order valence-corrected chi connectivity index (χ3v) is 2.38. The summed E-state index contributed by atoms with van der Waals surface area (Å²) in [5, 5.41) is 0. The Kier molecular flexibility index (Phi) is 3.86. The second-order valence-electron chi connectivity index (χ2n) is 3.75. The number of hydrogen-bond donors (Lipinski definition) is 0. The number of ether oxygens (including phenoxy) is 1. The van der Waals surface area contributed by atoms with E-state index < -0.39 is 5.97 Å². The van der Waals surface area contributed by atoms with Crippen LogP contribution >= 0.6 is 0 Å². The molecule has 3 nitrogen and oxygen atoms in total. The molecule has 18 heavy (non-hydrogen) atoms. The Morgan fingerprint density at radius 3 is 2.00 bits per heavy atom. The molecule has 0 aromatic heterocycles. The summed E-state index contributed by atoms with van der Waals surface area (Å²) in [6.07, 6.45) is -0.251.